The lowest BCUT2D eigenvalue weighted by molar-refractivity contribution is -0.0904. The topological polar surface area (TPSA) is 37.0 Å². The predicted octanol–water partition coefficient (Wildman–Crippen LogP) is 1.93. The Hall–Kier alpha value is -1.32. The largest absolute Gasteiger partial charge is 0.368 e. The minimum absolute atomic E-state index is 0.174. The van der Waals surface area contributed by atoms with Gasteiger partial charge >= 0.3 is 0 Å². The van der Waals surface area contributed by atoms with Crippen LogP contribution in [0.4, 0.5) is 0 Å². The zero-order chi connectivity index (χ0) is 11.5. The minimum atomic E-state index is -0.174. The van der Waals surface area contributed by atoms with Gasteiger partial charge in [-0.25, -0.2) is 0 Å². The highest BCUT2D eigenvalue weighted by molar-refractivity contribution is 5.88. The highest BCUT2D eigenvalue weighted by Crippen LogP contribution is 2.42. The van der Waals surface area contributed by atoms with Crippen molar-refractivity contribution in [3.05, 3.63) is 35.5 Å². The average Bonchev–Trinajstić information content (AvgIpc) is 2.75. The zero-order valence-electron chi connectivity index (χ0n) is 9.92. The van der Waals surface area contributed by atoms with E-state index in [4.69, 9.17) is 4.74 Å². The van der Waals surface area contributed by atoms with Crippen LogP contribution >= 0.6 is 0 Å². The summed E-state index contributed by atoms with van der Waals surface area (Å²) in [5.74, 6) is 0. The number of benzene rings is 1. The molecule has 0 amide bonds. The third-order valence-corrected chi connectivity index (χ3v) is 4.31. The fraction of sp³-hybridized carbons (Fsp3) is 0.429. The first-order valence-corrected chi connectivity index (χ1v) is 6.26. The van der Waals surface area contributed by atoms with E-state index in [-0.39, 0.29) is 5.60 Å². The van der Waals surface area contributed by atoms with Gasteiger partial charge in [-0.1, -0.05) is 12.1 Å². The van der Waals surface area contributed by atoms with Crippen molar-refractivity contribution < 1.29 is 4.74 Å². The molecule has 2 atom stereocenters. The summed E-state index contributed by atoms with van der Waals surface area (Å²) in [6.45, 7) is 3.97. The molecule has 0 unspecified atom stereocenters. The van der Waals surface area contributed by atoms with Gasteiger partial charge in [0.25, 0.3) is 0 Å². The van der Waals surface area contributed by atoms with Crippen molar-refractivity contribution >= 4 is 10.9 Å². The van der Waals surface area contributed by atoms with Crippen LogP contribution in [0, 0.1) is 0 Å². The molecular formula is C14H16N2O. The van der Waals surface area contributed by atoms with Crippen LogP contribution in [0.25, 0.3) is 10.9 Å². The fourth-order valence-corrected chi connectivity index (χ4v) is 3.37. The maximum Gasteiger partial charge on any atom is 0.107 e. The van der Waals surface area contributed by atoms with E-state index in [0.717, 1.165) is 19.6 Å². The van der Waals surface area contributed by atoms with E-state index in [1.165, 1.54) is 22.0 Å². The Bertz CT molecular complexity index is 589. The van der Waals surface area contributed by atoms with Crippen LogP contribution < -0.4 is 5.32 Å². The van der Waals surface area contributed by atoms with Crippen molar-refractivity contribution in [2.75, 3.05) is 13.2 Å². The molecular weight excluding hydrogens is 212 g/mol. The fourth-order valence-electron chi connectivity index (χ4n) is 3.37. The van der Waals surface area contributed by atoms with Gasteiger partial charge in [-0.05, 0) is 30.5 Å². The molecule has 2 heterocycles. The molecule has 0 spiro atoms. The number of hydrogen-bond acceptors (Lipinski definition) is 2. The number of fused-ring (bicyclic) bond motifs is 2. The molecule has 2 aliphatic rings. The first kappa shape index (κ1) is 9.68. The molecule has 0 bridgehead atoms. The number of ether oxygens (including phenoxy) is 1. The number of aromatic amines is 1. The Morgan fingerprint density at radius 2 is 2.35 bits per heavy atom. The second-order valence-electron chi connectivity index (χ2n) is 5.21. The van der Waals surface area contributed by atoms with Gasteiger partial charge in [0.1, 0.15) is 5.60 Å². The summed E-state index contributed by atoms with van der Waals surface area (Å²) in [6, 6.07) is 6.86. The van der Waals surface area contributed by atoms with Crippen LogP contribution in [0.15, 0.2) is 24.4 Å². The van der Waals surface area contributed by atoms with Crippen LogP contribution in [-0.4, -0.2) is 24.2 Å². The molecule has 1 saturated heterocycles. The van der Waals surface area contributed by atoms with Crippen molar-refractivity contribution in [2.24, 2.45) is 0 Å². The number of rotatable bonds is 0. The van der Waals surface area contributed by atoms with Crippen LogP contribution in [-0.2, 0) is 16.8 Å². The standard InChI is InChI=1S/C14H16N2O/c1-14-10-3-2-4-11-13(10)9(8-16-11)7-12(14)15-5-6-17-14/h2-4,8,12,15-16H,5-7H2,1H3/t12-,14-/m1/s1. The normalized spacial score (nSPS) is 31.5. The molecule has 3 nitrogen and oxygen atoms in total. The van der Waals surface area contributed by atoms with Crippen molar-refractivity contribution in [3.8, 4) is 0 Å². The van der Waals surface area contributed by atoms with E-state index >= 15 is 0 Å². The van der Waals surface area contributed by atoms with E-state index in [2.05, 4.69) is 41.6 Å². The quantitative estimate of drug-likeness (QED) is 0.723. The lowest BCUT2D eigenvalue weighted by Gasteiger charge is -2.45. The average molecular weight is 228 g/mol. The Balaban J connectivity index is 2.04. The highest BCUT2D eigenvalue weighted by atomic mass is 16.5. The van der Waals surface area contributed by atoms with E-state index in [0.29, 0.717) is 6.04 Å². The number of hydrogen-bond donors (Lipinski definition) is 2. The molecule has 2 N–H and O–H groups in total. The summed E-state index contributed by atoms with van der Waals surface area (Å²) in [4.78, 5) is 3.36. The molecule has 1 aliphatic carbocycles. The molecule has 1 aromatic carbocycles. The van der Waals surface area contributed by atoms with Gasteiger partial charge in [-0.2, -0.15) is 0 Å². The lowest BCUT2D eigenvalue weighted by atomic mass is 9.76. The van der Waals surface area contributed by atoms with Crippen molar-refractivity contribution in [3.63, 3.8) is 0 Å². The van der Waals surface area contributed by atoms with Gasteiger partial charge in [-0.3, -0.25) is 0 Å². The second-order valence-corrected chi connectivity index (χ2v) is 5.21. The van der Waals surface area contributed by atoms with Crippen molar-refractivity contribution in [1.29, 1.82) is 0 Å². The summed E-state index contributed by atoms with van der Waals surface area (Å²) in [7, 11) is 0. The molecule has 2 aromatic rings. The molecule has 0 radical (unpaired) electrons. The lowest BCUT2D eigenvalue weighted by Crippen LogP contribution is -2.56. The van der Waals surface area contributed by atoms with Crippen LogP contribution in [0.2, 0.25) is 0 Å². The first-order chi connectivity index (χ1) is 8.29. The Morgan fingerprint density at radius 1 is 1.41 bits per heavy atom. The highest BCUT2D eigenvalue weighted by Gasteiger charge is 2.43. The van der Waals surface area contributed by atoms with Crippen molar-refractivity contribution in [2.45, 2.75) is 25.0 Å². The summed E-state index contributed by atoms with van der Waals surface area (Å²) in [5, 5.41) is 4.97. The molecule has 1 fully saturated rings. The number of morpholine rings is 1. The van der Waals surface area contributed by atoms with Gasteiger partial charge in [0.05, 0.1) is 6.61 Å². The SMILES string of the molecule is C[C@]12OCCN[C@@H]1Cc1c[nH]c3cccc2c13. The Kier molecular flexibility index (Phi) is 1.78. The molecule has 88 valence electrons. The smallest absolute Gasteiger partial charge is 0.107 e. The molecule has 0 saturated carbocycles. The van der Waals surface area contributed by atoms with Gasteiger partial charge in [0, 0.05) is 29.7 Å². The van der Waals surface area contributed by atoms with Gasteiger partial charge in [-0.15, -0.1) is 0 Å². The minimum Gasteiger partial charge on any atom is -0.368 e. The van der Waals surface area contributed by atoms with Crippen LogP contribution in [0.3, 0.4) is 0 Å². The van der Waals surface area contributed by atoms with E-state index in [1.54, 1.807) is 0 Å². The Labute approximate surface area is 100 Å². The van der Waals surface area contributed by atoms with Gasteiger partial charge in [0.2, 0.25) is 0 Å². The van der Waals surface area contributed by atoms with Crippen molar-refractivity contribution in [1.82, 2.24) is 10.3 Å². The number of aromatic nitrogens is 1. The molecule has 17 heavy (non-hydrogen) atoms. The zero-order valence-corrected chi connectivity index (χ0v) is 9.92. The maximum atomic E-state index is 6.11. The summed E-state index contributed by atoms with van der Waals surface area (Å²) in [6.07, 6.45) is 3.19. The van der Waals surface area contributed by atoms with Crippen LogP contribution in [0.5, 0.6) is 0 Å². The molecule has 3 heteroatoms. The number of H-pyrrole nitrogens is 1. The second kappa shape index (κ2) is 3.12. The summed E-state index contributed by atoms with van der Waals surface area (Å²) in [5.41, 5.74) is 3.80. The van der Waals surface area contributed by atoms with E-state index < -0.39 is 0 Å². The first-order valence-electron chi connectivity index (χ1n) is 6.26. The van der Waals surface area contributed by atoms with E-state index in [9.17, 15) is 0 Å². The third-order valence-electron chi connectivity index (χ3n) is 4.31. The molecule has 1 aliphatic heterocycles. The Morgan fingerprint density at radius 3 is 3.29 bits per heavy atom. The predicted molar refractivity (Wildman–Crippen MR) is 67.1 cm³/mol. The summed E-state index contributed by atoms with van der Waals surface area (Å²) < 4.78 is 6.11. The number of nitrogens with one attached hydrogen (secondary N) is 2. The maximum absolute atomic E-state index is 6.11. The molecule has 4 rings (SSSR count). The van der Waals surface area contributed by atoms with E-state index in [1.807, 2.05) is 0 Å². The molecule has 1 aromatic heterocycles. The summed E-state index contributed by atoms with van der Waals surface area (Å²) >= 11 is 0. The van der Waals surface area contributed by atoms with Gasteiger partial charge in [0.15, 0.2) is 0 Å². The van der Waals surface area contributed by atoms with Crippen LogP contribution in [0.1, 0.15) is 18.1 Å². The monoisotopic (exact) mass is 228 g/mol. The van der Waals surface area contributed by atoms with Gasteiger partial charge < -0.3 is 15.0 Å². The third kappa shape index (κ3) is 1.13.